The summed E-state index contributed by atoms with van der Waals surface area (Å²) in [4.78, 5) is 2.57. The molecule has 0 aliphatic rings. The Morgan fingerprint density at radius 1 is 1.08 bits per heavy atom. The minimum atomic E-state index is 0.416. The lowest BCUT2D eigenvalue weighted by molar-refractivity contribution is 0.126. The fraction of sp³-hybridized carbons (Fsp3) is 1.00. The Morgan fingerprint density at radius 2 is 1.54 bits per heavy atom. The molecule has 0 spiro atoms. The van der Waals surface area contributed by atoms with E-state index in [0.29, 0.717) is 11.5 Å². The molecule has 0 rings (SSSR count). The molecule has 0 fully saturated rings. The van der Waals surface area contributed by atoms with Gasteiger partial charge in [-0.15, -0.1) is 0 Å². The second-order valence-electron chi connectivity index (χ2n) is 5.61. The van der Waals surface area contributed by atoms with Gasteiger partial charge in [-0.2, -0.15) is 0 Å². The summed E-state index contributed by atoms with van der Waals surface area (Å²) in [6.07, 6.45) is 0. The molecule has 0 aromatic carbocycles. The molecule has 0 unspecified atom stereocenters. The molecule has 0 saturated carbocycles. The van der Waals surface area contributed by atoms with Gasteiger partial charge in [-0.05, 0) is 24.8 Å². The van der Waals surface area contributed by atoms with E-state index in [1.54, 1.807) is 0 Å². The molecule has 0 aromatic heterocycles. The van der Waals surface area contributed by atoms with E-state index in [-0.39, 0.29) is 0 Å². The Labute approximate surface area is 84.5 Å². The topological polar surface area (TPSA) is 3.24 Å². The molecular weight excluding hydrogens is 158 g/mol. The molecule has 1 nitrogen and oxygen atoms in total. The first-order valence-electron chi connectivity index (χ1n) is 5.52. The maximum Gasteiger partial charge on any atom is 0.00900 e. The Balaban J connectivity index is 4.18. The van der Waals surface area contributed by atoms with Crippen LogP contribution in [0.5, 0.6) is 0 Å². The van der Waals surface area contributed by atoms with E-state index in [9.17, 15) is 0 Å². The van der Waals surface area contributed by atoms with Crippen molar-refractivity contribution in [1.82, 2.24) is 4.90 Å². The third-order valence-electron chi connectivity index (χ3n) is 2.62. The maximum atomic E-state index is 2.57. The summed E-state index contributed by atoms with van der Waals surface area (Å²) in [5.41, 5.74) is 0.416. The van der Waals surface area contributed by atoms with Crippen molar-refractivity contribution in [2.75, 3.05) is 13.1 Å². The van der Waals surface area contributed by atoms with Crippen LogP contribution in [-0.4, -0.2) is 24.0 Å². The van der Waals surface area contributed by atoms with Crippen LogP contribution < -0.4 is 0 Å². The van der Waals surface area contributed by atoms with Crippen molar-refractivity contribution in [3.63, 3.8) is 0 Å². The van der Waals surface area contributed by atoms with Gasteiger partial charge < -0.3 is 4.90 Å². The summed E-state index contributed by atoms with van der Waals surface area (Å²) >= 11 is 0. The first-order valence-corrected chi connectivity index (χ1v) is 5.52. The van der Waals surface area contributed by atoms with Gasteiger partial charge >= 0.3 is 0 Å². The van der Waals surface area contributed by atoms with Crippen LogP contribution in [0.3, 0.4) is 0 Å². The number of hydrogen-bond donors (Lipinski definition) is 0. The van der Waals surface area contributed by atoms with Crippen LogP contribution in [0.4, 0.5) is 0 Å². The number of nitrogens with zero attached hydrogens (tertiary/aromatic N) is 1. The van der Waals surface area contributed by atoms with E-state index in [4.69, 9.17) is 0 Å². The maximum absolute atomic E-state index is 2.57. The molecule has 13 heavy (non-hydrogen) atoms. The van der Waals surface area contributed by atoms with E-state index in [0.717, 1.165) is 12.5 Å². The highest BCUT2D eigenvalue weighted by molar-refractivity contribution is 4.74. The zero-order valence-electron chi connectivity index (χ0n) is 10.5. The monoisotopic (exact) mass is 185 g/mol. The van der Waals surface area contributed by atoms with Crippen molar-refractivity contribution in [3.8, 4) is 0 Å². The Hall–Kier alpha value is -0.0400. The number of hydrogen-bond acceptors (Lipinski definition) is 1. The average molecular weight is 185 g/mol. The van der Waals surface area contributed by atoms with Gasteiger partial charge in [0, 0.05) is 12.6 Å². The highest BCUT2D eigenvalue weighted by atomic mass is 15.2. The summed E-state index contributed by atoms with van der Waals surface area (Å²) in [6.45, 7) is 18.5. The Morgan fingerprint density at radius 3 is 1.77 bits per heavy atom. The standard InChI is InChI=1S/C12H27N/c1-8-13(9-12(5,6)7)11(4)10(2)3/h10-11H,8-9H2,1-7H3/t11-/m1/s1. The Bertz CT molecular complexity index is 133. The highest BCUT2D eigenvalue weighted by Crippen LogP contribution is 2.19. The lowest BCUT2D eigenvalue weighted by Gasteiger charge is -2.35. The van der Waals surface area contributed by atoms with Gasteiger partial charge in [0.1, 0.15) is 0 Å². The first-order chi connectivity index (χ1) is 5.78. The fourth-order valence-corrected chi connectivity index (χ4v) is 1.57. The first kappa shape index (κ1) is 13.0. The third-order valence-corrected chi connectivity index (χ3v) is 2.62. The minimum absolute atomic E-state index is 0.416. The predicted molar refractivity (Wildman–Crippen MR) is 61.0 cm³/mol. The van der Waals surface area contributed by atoms with Crippen LogP contribution in [0, 0.1) is 11.3 Å². The van der Waals surface area contributed by atoms with E-state index in [1.807, 2.05) is 0 Å². The zero-order chi connectivity index (χ0) is 10.6. The summed E-state index contributed by atoms with van der Waals surface area (Å²) in [7, 11) is 0. The van der Waals surface area contributed by atoms with Gasteiger partial charge in [-0.25, -0.2) is 0 Å². The van der Waals surface area contributed by atoms with Crippen LogP contribution in [0.1, 0.15) is 48.5 Å². The molecule has 0 aliphatic carbocycles. The van der Waals surface area contributed by atoms with Crippen molar-refractivity contribution < 1.29 is 0 Å². The highest BCUT2D eigenvalue weighted by Gasteiger charge is 2.21. The van der Waals surface area contributed by atoms with Crippen molar-refractivity contribution in [3.05, 3.63) is 0 Å². The molecule has 1 heteroatoms. The summed E-state index contributed by atoms with van der Waals surface area (Å²) in [5.74, 6) is 0.752. The van der Waals surface area contributed by atoms with Crippen LogP contribution >= 0.6 is 0 Å². The van der Waals surface area contributed by atoms with Crippen LogP contribution in [-0.2, 0) is 0 Å². The van der Waals surface area contributed by atoms with Gasteiger partial charge in [-0.3, -0.25) is 0 Å². The molecule has 0 heterocycles. The average Bonchev–Trinajstić information content (AvgIpc) is 1.97. The van der Waals surface area contributed by atoms with Gasteiger partial charge in [0.2, 0.25) is 0 Å². The van der Waals surface area contributed by atoms with E-state index in [2.05, 4.69) is 53.4 Å². The molecule has 0 bridgehead atoms. The molecule has 0 radical (unpaired) electrons. The quantitative estimate of drug-likeness (QED) is 0.649. The van der Waals surface area contributed by atoms with Crippen molar-refractivity contribution >= 4 is 0 Å². The molecule has 0 aromatic rings. The molecule has 0 amide bonds. The molecule has 80 valence electrons. The van der Waals surface area contributed by atoms with Gasteiger partial charge in [0.05, 0.1) is 0 Å². The third kappa shape index (κ3) is 5.30. The van der Waals surface area contributed by atoms with E-state index >= 15 is 0 Å². The summed E-state index contributed by atoms with van der Waals surface area (Å²) in [5, 5.41) is 0. The Kier molecular flexibility index (Phi) is 4.98. The number of rotatable bonds is 4. The SMILES string of the molecule is CCN(CC(C)(C)C)[C@H](C)C(C)C. The second-order valence-corrected chi connectivity index (χ2v) is 5.61. The van der Waals surface area contributed by atoms with E-state index in [1.165, 1.54) is 6.54 Å². The van der Waals surface area contributed by atoms with Gasteiger partial charge in [0.25, 0.3) is 0 Å². The second kappa shape index (κ2) is 4.99. The van der Waals surface area contributed by atoms with Gasteiger partial charge in [0.15, 0.2) is 0 Å². The molecule has 1 atom stereocenters. The van der Waals surface area contributed by atoms with Crippen LogP contribution in [0.15, 0.2) is 0 Å². The normalized spacial score (nSPS) is 15.5. The van der Waals surface area contributed by atoms with Crippen LogP contribution in [0.25, 0.3) is 0 Å². The molecular formula is C12H27N. The summed E-state index contributed by atoms with van der Waals surface area (Å²) < 4.78 is 0. The largest absolute Gasteiger partial charge is 0.300 e. The summed E-state index contributed by atoms with van der Waals surface area (Å²) in [6, 6.07) is 0.698. The zero-order valence-corrected chi connectivity index (χ0v) is 10.5. The lowest BCUT2D eigenvalue weighted by Crippen LogP contribution is -2.41. The smallest absolute Gasteiger partial charge is 0.00900 e. The predicted octanol–water partition coefficient (Wildman–Crippen LogP) is 3.40. The lowest BCUT2D eigenvalue weighted by atomic mass is 9.94. The van der Waals surface area contributed by atoms with Gasteiger partial charge in [-0.1, -0.05) is 41.5 Å². The van der Waals surface area contributed by atoms with Crippen molar-refractivity contribution in [1.29, 1.82) is 0 Å². The fourth-order valence-electron chi connectivity index (χ4n) is 1.57. The van der Waals surface area contributed by atoms with Crippen molar-refractivity contribution in [2.24, 2.45) is 11.3 Å². The van der Waals surface area contributed by atoms with Crippen LogP contribution in [0.2, 0.25) is 0 Å². The molecule has 0 N–H and O–H groups in total. The molecule has 0 saturated heterocycles. The van der Waals surface area contributed by atoms with E-state index < -0.39 is 0 Å². The molecule has 0 aliphatic heterocycles. The minimum Gasteiger partial charge on any atom is -0.300 e. The van der Waals surface area contributed by atoms with Crippen molar-refractivity contribution in [2.45, 2.75) is 54.5 Å².